The number of rotatable bonds is 3. The van der Waals surface area contributed by atoms with Crippen LogP contribution in [0.1, 0.15) is 19.3 Å². The van der Waals surface area contributed by atoms with Crippen molar-refractivity contribution in [2.75, 3.05) is 11.9 Å². The van der Waals surface area contributed by atoms with Crippen LogP contribution in [-0.4, -0.2) is 12.5 Å². The van der Waals surface area contributed by atoms with Gasteiger partial charge in [0.25, 0.3) is 0 Å². The number of nitrogens with two attached hydrogens (primary N) is 1. The minimum Gasteiger partial charge on any atom is -0.330 e. The highest BCUT2D eigenvalue weighted by atomic mass is 79.9. The lowest BCUT2D eigenvalue weighted by Gasteiger charge is -2.17. The Hall–Kier alpha value is -0.870. The third-order valence-corrected chi connectivity index (χ3v) is 3.88. The quantitative estimate of drug-likeness (QED) is 0.901. The largest absolute Gasteiger partial charge is 0.330 e. The summed E-state index contributed by atoms with van der Waals surface area (Å²) in [5.41, 5.74) is 6.53. The second kappa shape index (κ2) is 5.65. The van der Waals surface area contributed by atoms with Crippen LogP contribution in [0.2, 0.25) is 0 Å². The van der Waals surface area contributed by atoms with Crippen LogP contribution in [0.5, 0.6) is 0 Å². The molecule has 0 radical (unpaired) electrons. The van der Waals surface area contributed by atoms with Gasteiger partial charge in [0.1, 0.15) is 0 Å². The van der Waals surface area contributed by atoms with Crippen molar-refractivity contribution < 1.29 is 4.79 Å². The fourth-order valence-corrected chi connectivity index (χ4v) is 2.86. The van der Waals surface area contributed by atoms with Crippen LogP contribution < -0.4 is 11.1 Å². The predicted octanol–water partition coefficient (Wildman–Crippen LogP) is 2.76. The summed E-state index contributed by atoms with van der Waals surface area (Å²) in [5, 5.41) is 2.96. The van der Waals surface area contributed by atoms with Gasteiger partial charge in [0.15, 0.2) is 0 Å². The Morgan fingerprint density at radius 2 is 2.29 bits per heavy atom. The number of carbonyl (C=O) groups excluding carboxylic acids is 1. The van der Waals surface area contributed by atoms with E-state index in [-0.39, 0.29) is 11.8 Å². The van der Waals surface area contributed by atoms with Gasteiger partial charge in [-0.1, -0.05) is 28.4 Å². The van der Waals surface area contributed by atoms with E-state index in [0.717, 1.165) is 29.4 Å². The molecule has 2 unspecified atom stereocenters. The second-order valence-corrected chi connectivity index (χ2v) is 5.45. The molecule has 1 aromatic rings. The molecule has 0 aromatic heterocycles. The zero-order chi connectivity index (χ0) is 12.3. The van der Waals surface area contributed by atoms with Crippen LogP contribution in [0.25, 0.3) is 0 Å². The molecule has 1 aromatic carbocycles. The first-order valence-electron chi connectivity index (χ1n) is 5.97. The van der Waals surface area contributed by atoms with Gasteiger partial charge in [-0.2, -0.15) is 0 Å². The predicted molar refractivity (Wildman–Crippen MR) is 72.7 cm³/mol. The number of amides is 1. The van der Waals surface area contributed by atoms with Crippen molar-refractivity contribution >= 4 is 27.5 Å². The molecule has 0 aliphatic heterocycles. The highest BCUT2D eigenvalue weighted by Gasteiger charge is 2.31. The molecule has 0 bridgehead atoms. The minimum absolute atomic E-state index is 0.0824. The molecule has 1 saturated carbocycles. The summed E-state index contributed by atoms with van der Waals surface area (Å²) < 4.78 is 0.970. The average molecular weight is 297 g/mol. The minimum atomic E-state index is 0.0824. The van der Waals surface area contributed by atoms with Gasteiger partial charge in [0.2, 0.25) is 5.91 Å². The molecule has 0 saturated heterocycles. The molecule has 3 nitrogen and oxygen atoms in total. The summed E-state index contributed by atoms with van der Waals surface area (Å²) in [6.45, 7) is 0.608. The van der Waals surface area contributed by atoms with Crippen molar-refractivity contribution in [3.8, 4) is 0 Å². The normalized spacial score (nSPS) is 23.6. The number of anilines is 1. The maximum Gasteiger partial charge on any atom is 0.227 e. The molecule has 92 valence electrons. The van der Waals surface area contributed by atoms with Gasteiger partial charge in [-0.05, 0) is 43.5 Å². The molecular formula is C13H17BrN2O. The number of halogens is 1. The van der Waals surface area contributed by atoms with E-state index in [1.807, 2.05) is 24.3 Å². The molecular weight excluding hydrogens is 280 g/mol. The van der Waals surface area contributed by atoms with Crippen molar-refractivity contribution in [1.82, 2.24) is 0 Å². The van der Waals surface area contributed by atoms with E-state index in [0.29, 0.717) is 12.5 Å². The third kappa shape index (κ3) is 3.07. The first-order chi connectivity index (χ1) is 8.20. The van der Waals surface area contributed by atoms with Gasteiger partial charge in [0, 0.05) is 16.1 Å². The van der Waals surface area contributed by atoms with Crippen molar-refractivity contribution in [2.45, 2.75) is 19.3 Å². The zero-order valence-corrected chi connectivity index (χ0v) is 11.2. The fraction of sp³-hybridized carbons (Fsp3) is 0.462. The van der Waals surface area contributed by atoms with Crippen LogP contribution in [0.15, 0.2) is 28.7 Å². The van der Waals surface area contributed by atoms with Crippen molar-refractivity contribution in [3.63, 3.8) is 0 Å². The number of carbonyl (C=O) groups is 1. The SMILES string of the molecule is NCC1CCCC1C(=O)Nc1cccc(Br)c1. The van der Waals surface area contributed by atoms with E-state index in [4.69, 9.17) is 5.73 Å². The standard InChI is InChI=1S/C13H17BrN2O/c14-10-4-2-5-11(7-10)16-13(17)12-6-1-3-9(12)8-15/h2,4-5,7,9,12H,1,3,6,8,15H2,(H,16,17). The molecule has 4 heteroatoms. The molecule has 2 atom stereocenters. The van der Waals surface area contributed by atoms with Gasteiger partial charge < -0.3 is 11.1 Å². The summed E-state index contributed by atoms with van der Waals surface area (Å²) in [4.78, 5) is 12.1. The second-order valence-electron chi connectivity index (χ2n) is 4.53. The van der Waals surface area contributed by atoms with E-state index in [1.54, 1.807) is 0 Å². The Morgan fingerprint density at radius 3 is 3.00 bits per heavy atom. The average Bonchev–Trinajstić information content (AvgIpc) is 2.77. The van der Waals surface area contributed by atoms with Gasteiger partial charge >= 0.3 is 0 Å². The van der Waals surface area contributed by atoms with E-state index >= 15 is 0 Å². The van der Waals surface area contributed by atoms with Crippen LogP contribution in [-0.2, 0) is 4.79 Å². The molecule has 1 amide bonds. The van der Waals surface area contributed by atoms with E-state index in [1.165, 1.54) is 0 Å². The topological polar surface area (TPSA) is 55.1 Å². The Bertz CT molecular complexity index is 408. The molecule has 0 spiro atoms. The maximum absolute atomic E-state index is 12.1. The molecule has 1 fully saturated rings. The smallest absolute Gasteiger partial charge is 0.227 e. The van der Waals surface area contributed by atoms with E-state index in [2.05, 4.69) is 21.2 Å². The monoisotopic (exact) mass is 296 g/mol. The highest BCUT2D eigenvalue weighted by molar-refractivity contribution is 9.10. The lowest BCUT2D eigenvalue weighted by Crippen LogP contribution is -2.29. The first-order valence-corrected chi connectivity index (χ1v) is 6.76. The van der Waals surface area contributed by atoms with Gasteiger partial charge in [0.05, 0.1) is 0 Å². The molecule has 0 heterocycles. The summed E-state index contributed by atoms with van der Waals surface area (Å²) in [6.07, 6.45) is 3.15. The summed E-state index contributed by atoms with van der Waals surface area (Å²) in [5.74, 6) is 0.539. The van der Waals surface area contributed by atoms with Crippen LogP contribution in [0.3, 0.4) is 0 Å². The lowest BCUT2D eigenvalue weighted by atomic mass is 9.95. The highest BCUT2D eigenvalue weighted by Crippen LogP contribution is 2.32. The molecule has 1 aliphatic carbocycles. The van der Waals surface area contributed by atoms with Crippen LogP contribution in [0.4, 0.5) is 5.69 Å². The molecule has 3 N–H and O–H groups in total. The molecule has 1 aliphatic rings. The Labute approximate surface area is 110 Å². The van der Waals surface area contributed by atoms with Gasteiger partial charge in [-0.15, -0.1) is 0 Å². The summed E-state index contributed by atoms with van der Waals surface area (Å²) >= 11 is 3.39. The Kier molecular flexibility index (Phi) is 4.18. The number of hydrogen-bond donors (Lipinski definition) is 2. The number of hydrogen-bond acceptors (Lipinski definition) is 2. The van der Waals surface area contributed by atoms with Gasteiger partial charge in [-0.25, -0.2) is 0 Å². The third-order valence-electron chi connectivity index (χ3n) is 3.39. The van der Waals surface area contributed by atoms with Crippen LogP contribution in [0, 0.1) is 11.8 Å². The first kappa shape index (κ1) is 12.6. The Balaban J connectivity index is 2.01. The van der Waals surface area contributed by atoms with E-state index < -0.39 is 0 Å². The molecule has 17 heavy (non-hydrogen) atoms. The lowest BCUT2D eigenvalue weighted by molar-refractivity contribution is -0.120. The van der Waals surface area contributed by atoms with Crippen LogP contribution >= 0.6 is 15.9 Å². The number of nitrogens with one attached hydrogen (secondary N) is 1. The summed E-state index contributed by atoms with van der Waals surface area (Å²) in [7, 11) is 0. The Morgan fingerprint density at radius 1 is 1.47 bits per heavy atom. The van der Waals surface area contributed by atoms with Crippen molar-refractivity contribution in [1.29, 1.82) is 0 Å². The van der Waals surface area contributed by atoms with Gasteiger partial charge in [-0.3, -0.25) is 4.79 Å². The maximum atomic E-state index is 12.1. The molecule has 2 rings (SSSR count). The fourth-order valence-electron chi connectivity index (χ4n) is 2.47. The zero-order valence-electron chi connectivity index (χ0n) is 9.66. The summed E-state index contributed by atoms with van der Waals surface area (Å²) in [6, 6.07) is 7.65. The van der Waals surface area contributed by atoms with Crippen molar-refractivity contribution in [2.24, 2.45) is 17.6 Å². The number of benzene rings is 1. The van der Waals surface area contributed by atoms with E-state index in [9.17, 15) is 4.79 Å². The van der Waals surface area contributed by atoms with Crippen molar-refractivity contribution in [3.05, 3.63) is 28.7 Å².